The predicted octanol–water partition coefficient (Wildman–Crippen LogP) is -0.384. The maximum absolute atomic E-state index is 11.3. The van der Waals surface area contributed by atoms with E-state index in [1.54, 1.807) is 32.8 Å². The van der Waals surface area contributed by atoms with Crippen LogP contribution in [0.5, 0.6) is 0 Å². The van der Waals surface area contributed by atoms with Gasteiger partial charge in [-0.25, -0.2) is 0 Å². The lowest BCUT2D eigenvalue weighted by molar-refractivity contribution is -0.148. The number of likely N-dealkylation sites (N-methyl/N-ethyl adjacent to an activating group) is 2. The maximum atomic E-state index is 11.3. The van der Waals surface area contributed by atoms with E-state index in [-0.39, 0.29) is 18.4 Å². The zero-order valence-electron chi connectivity index (χ0n) is 9.16. The third-order valence-electron chi connectivity index (χ3n) is 1.96. The van der Waals surface area contributed by atoms with Crippen molar-refractivity contribution >= 4 is 11.9 Å². The molecule has 5 nitrogen and oxygen atoms in total. The van der Waals surface area contributed by atoms with Gasteiger partial charge in [0.05, 0.1) is 13.2 Å². The van der Waals surface area contributed by atoms with Crippen molar-refractivity contribution in [1.82, 2.24) is 10.2 Å². The lowest BCUT2D eigenvalue weighted by atomic mass is 10.3. The first kappa shape index (κ1) is 12.9. The molecule has 14 heavy (non-hydrogen) atoms. The third-order valence-corrected chi connectivity index (χ3v) is 1.96. The third kappa shape index (κ3) is 4.23. The van der Waals surface area contributed by atoms with Crippen molar-refractivity contribution in [2.45, 2.75) is 19.9 Å². The lowest BCUT2D eigenvalue weighted by Gasteiger charge is -2.21. The summed E-state index contributed by atoms with van der Waals surface area (Å²) in [5, 5.41) is 2.49. The minimum absolute atomic E-state index is 0.122. The fraction of sp³-hybridized carbons (Fsp3) is 0.778. The zero-order valence-corrected chi connectivity index (χ0v) is 9.16. The molecule has 0 bridgehead atoms. The summed E-state index contributed by atoms with van der Waals surface area (Å²) in [4.78, 5) is 23.9. The maximum Gasteiger partial charge on any atom is 0.323 e. The smallest absolute Gasteiger partial charge is 0.323 e. The second-order valence-electron chi connectivity index (χ2n) is 3.02. The van der Waals surface area contributed by atoms with Crippen molar-refractivity contribution < 1.29 is 14.3 Å². The number of ether oxygens (including phenoxy) is 1. The number of hydrogen-bond donors (Lipinski definition) is 1. The second kappa shape index (κ2) is 6.37. The van der Waals surface area contributed by atoms with Crippen LogP contribution < -0.4 is 5.32 Å². The summed E-state index contributed by atoms with van der Waals surface area (Å²) in [7, 11) is 3.27. The van der Waals surface area contributed by atoms with E-state index >= 15 is 0 Å². The Bertz CT molecular complexity index is 206. The lowest BCUT2D eigenvalue weighted by Crippen LogP contribution is -2.42. The number of hydrogen-bond acceptors (Lipinski definition) is 4. The largest absolute Gasteiger partial charge is 0.465 e. The molecule has 1 unspecified atom stereocenters. The number of nitrogens with zero attached hydrogens (tertiary/aromatic N) is 1. The van der Waals surface area contributed by atoms with Gasteiger partial charge in [0.2, 0.25) is 5.91 Å². The van der Waals surface area contributed by atoms with Gasteiger partial charge in [-0.3, -0.25) is 14.5 Å². The van der Waals surface area contributed by atoms with E-state index in [1.165, 1.54) is 0 Å². The Kier molecular flexibility index (Phi) is 5.87. The number of esters is 1. The van der Waals surface area contributed by atoms with E-state index in [4.69, 9.17) is 4.74 Å². The molecule has 0 aliphatic rings. The number of rotatable bonds is 5. The Balaban J connectivity index is 4.04. The quantitative estimate of drug-likeness (QED) is 0.617. The molecule has 0 aromatic rings. The SMILES string of the molecule is CCOC(=O)C(C)N(C)CC(=O)NC. The van der Waals surface area contributed by atoms with Gasteiger partial charge in [0.25, 0.3) is 0 Å². The molecule has 0 fully saturated rings. The van der Waals surface area contributed by atoms with E-state index < -0.39 is 6.04 Å². The zero-order chi connectivity index (χ0) is 11.1. The molecule has 0 radical (unpaired) electrons. The van der Waals surface area contributed by atoms with Crippen LogP contribution in [0.3, 0.4) is 0 Å². The Morgan fingerprint density at radius 3 is 2.50 bits per heavy atom. The van der Waals surface area contributed by atoms with Crippen LogP contribution >= 0.6 is 0 Å². The van der Waals surface area contributed by atoms with Gasteiger partial charge in [-0.1, -0.05) is 0 Å². The van der Waals surface area contributed by atoms with Crippen LogP contribution in [0.15, 0.2) is 0 Å². The fourth-order valence-corrected chi connectivity index (χ4v) is 0.885. The summed E-state index contributed by atoms with van der Waals surface area (Å²) in [6.45, 7) is 4.01. The van der Waals surface area contributed by atoms with Crippen LogP contribution in [0, 0.1) is 0 Å². The molecule has 82 valence electrons. The normalized spacial score (nSPS) is 12.4. The highest BCUT2D eigenvalue weighted by atomic mass is 16.5. The topological polar surface area (TPSA) is 58.6 Å². The summed E-state index contributed by atoms with van der Waals surface area (Å²) in [6, 6.07) is -0.396. The second-order valence-corrected chi connectivity index (χ2v) is 3.02. The van der Waals surface area contributed by atoms with Gasteiger partial charge in [-0.2, -0.15) is 0 Å². The van der Waals surface area contributed by atoms with E-state index in [9.17, 15) is 9.59 Å². The highest BCUT2D eigenvalue weighted by molar-refractivity contribution is 5.80. The average molecular weight is 202 g/mol. The van der Waals surface area contributed by atoms with E-state index in [1.807, 2.05) is 0 Å². The summed E-state index contributed by atoms with van der Waals surface area (Å²) in [5.41, 5.74) is 0. The van der Waals surface area contributed by atoms with Gasteiger partial charge < -0.3 is 10.1 Å². The highest BCUT2D eigenvalue weighted by Gasteiger charge is 2.20. The molecule has 0 spiro atoms. The Morgan fingerprint density at radius 2 is 2.07 bits per heavy atom. The van der Waals surface area contributed by atoms with Crippen LogP contribution in [0.1, 0.15) is 13.8 Å². The molecule has 1 atom stereocenters. The van der Waals surface area contributed by atoms with Gasteiger partial charge in [0, 0.05) is 7.05 Å². The van der Waals surface area contributed by atoms with E-state index in [2.05, 4.69) is 5.32 Å². The van der Waals surface area contributed by atoms with E-state index in [0.717, 1.165) is 0 Å². The molecule has 0 aromatic carbocycles. The van der Waals surface area contributed by atoms with Crippen molar-refractivity contribution in [3.63, 3.8) is 0 Å². The fourth-order valence-electron chi connectivity index (χ4n) is 0.885. The first-order valence-corrected chi connectivity index (χ1v) is 4.60. The minimum atomic E-state index is -0.396. The van der Waals surface area contributed by atoms with Crippen molar-refractivity contribution in [1.29, 1.82) is 0 Å². The molecular formula is C9H18N2O3. The average Bonchev–Trinajstić information content (AvgIpc) is 2.16. The van der Waals surface area contributed by atoms with Crippen LogP contribution in [-0.2, 0) is 14.3 Å². The van der Waals surface area contributed by atoms with Crippen molar-refractivity contribution in [3.8, 4) is 0 Å². The Morgan fingerprint density at radius 1 is 1.50 bits per heavy atom. The van der Waals surface area contributed by atoms with Crippen LogP contribution in [0.25, 0.3) is 0 Å². The van der Waals surface area contributed by atoms with E-state index in [0.29, 0.717) is 6.61 Å². The van der Waals surface area contributed by atoms with Crippen LogP contribution in [-0.4, -0.2) is 50.1 Å². The Hall–Kier alpha value is -1.10. The van der Waals surface area contributed by atoms with Crippen LogP contribution in [0.2, 0.25) is 0 Å². The first-order chi connectivity index (χ1) is 6.52. The summed E-state index contributed by atoms with van der Waals surface area (Å²) >= 11 is 0. The molecule has 0 saturated heterocycles. The minimum Gasteiger partial charge on any atom is -0.465 e. The molecule has 0 saturated carbocycles. The van der Waals surface area contributed by atoms with Crippen LogP contribution in [0.4, 0.5) is 0 Å². The van der Waals surface area contributed by atoms with Crippen molar-refractivity contribution in [2.75, 3.05) is 27.2 Å². The number of carbonyl (C=O) groups excluding carboxylic acids is 2. The molecule has 1 N–H and O–H groups in total. The van der Waals surface area contributed by atoms with Gasteiger partial charge in [-0.15, -0.1) is 0 Å². The first-order valence-electron chi connectivity index (χ1n) is 4.60. The van der Waals surface area contributed by atoms with Gasteiger partial charge >= 0.3 is 5.97 Å². The summed E-state index contributed by atoms with van der Waals surface area (Å²) in [6.07, 6.45) is 0. The summed E-state index contributed by atoms with van der Waals surface area (Å²) in [5.74, 6) is -0.428. The Labute approximate surface area is 84.4 Å². The standard InChI is InChI=1S/C9H18N2O3/c1-5-14-9(13)7(2)11(4)6-8(12)10-3/h7H,5-6H2,1-4H3,(H,10,12). The number of nitrogens with one attached hydrogen (secondary N) is 1. The molecule has 0 rings (SSSR count). The van der Waals surface area contributed by atoms with Gasteiger partial charge in [0.1, 0.15) is 6.04 Å². The molecule has 0 aliphatic heterocycles. The number of carbonyl (C=O) groups is 2. The molecule has 0 heterocycles. The number of amides is 1. The summed E-state index contributed by atoms with van der Waals surface area (Å²) < 4.78 is 4.83. The highest BCUT2D eigenvalue weighted by Crippen LogP contribution is 1.97. The molecule has 5 heteroatoms. The van der Waals surface area contributed by atoms with Gasteiger partial charge in [0.15, 0.2) is 0 Å². The monoisotopic (exact) mass is 202 g/mol. The molecular weight excluding hydrogens is 184 g/mol. The molecule has 0 aliphatic carbocycles. The predicted molar refractivity (Wildman–Crippen MR) is 52.8 cm³/mol. The van der Waals surface area contributed by atoms with Crippen molar-refractivity contribution in [2.24, 2.45) is 0 Å². The molecule has 0 aromatic heterocycles. The van der Waals surface area contributed by atoms with Gasteiger partial charge in [-0.05, 0) is 20.9 Å². The van der Waals surface area contributed by atoms with Crippen molar-refractivity contribution in [3.05, 3.63) is 0 Å². The molecule has 1 amide bonds.